The summed E-state index contributed by atoms with van der Waals surface area (Å²) in [7, 11) is 1.60. The fourth-order valence-electron chi connectivity index (χ4n) is 2.62. The Morgan fingerprint density at radius 1 is 1.38 bits per heavy atom. The third-order valence-corrected chi connectivity index (χ3v) is 4.48. The van der Waals surface area contributed by atoms with Crippen LogP contribution < -0.4 is 5.56 Å². The molecule has 3 rings (SSSR count). The van der Waals surface area contributed by atoms with Crippen molar-refractivity contribution >= 4 is 21.8 Å². The summed E-state index contributed by atoms with van der Waals surface area (Å²) in [5.74, 6) is -0.836. The van der Waals surface area contributed by atoms with Crippen molar-refractivity contribution in [3.8, 4) is 11.4 Å². The first-order valence-electron chi connectivity index (χ1n) is 7.41. The number of rotatable bonds is 3. The van der Waals surface area contributed by atoms with Gasteiger partial charge in [-0.3, -0.25) is 9.59 Å². The Labute approximate surface area is 146 Å². The molecule has 1 aliphatic heterocycles. The van der Waals surface area contributed by atoms with E-state index in [0.717, 1.165) is 21.6 Å². The molecule has 0 radical (unpaired) electrons. The maximum atomic E-state index is 12.6. The lowest BCUT2D eigenvalue weighted by Crippen LogP contribution is -2.33. The van der Waals surface area contributed by atoms with Gasteiger partial charge in [0.05, 0.1) is 11.8 Å². The van der Waals surface area contributed by atoms with E-state index in [1.165, 1.54) is 0 Å². The van der Waals surface area contributed by atoms with Crippen molar-refractivity contribution in [3.63, 3.8) is 0 Å². The normalized spacial score (nSPS) is 17.2. The van der Waals surface area contributed by atoms with Crippen molar-refractivity contribution < 1.29 is 14.6 Å². The number of carbonyl (C=O) groups is 1. The number of amides is 1. The molecule has 0 bridgehead atoms. The van der Waals surface area contributed by atoms with Gasteiger partial charge in [0.1, 0.15) is 0 Å². The summed E-state index contributed by atoms with van der Waals surface area (Å²) in [4.78, 5) is 26.3. The zero-order valence-electron chi connectivity index (χ0n) is 13.0. The quantitative estimate of drug-likeness (QED) is 0.854. The van der Waals surface area contributed by atoms with Crippen LogP contribution in [0.3, 0.4) is 0 Å². The van der Waals surface area contributed by atoms with E-state index >= 15 is 0 Å². The first-order chi connectivity index (χ1) is 11.5. The second-order valence-electron chi connectivity index (χ2n) is 5.50. The second kappa shape index (κ2) is 6.74. The monoisotopic (exact) mass is 393 g/mol. The highest BCUT2D eigenvalue weighted by Crippen LogP contribution is 2.20. The lowest BCUT2D eigenvalue weighted by atomic mass is 10.3. The minimum Gasteiger partial charge on any atom is -0.505 e. The minimum atomic E-state index is -0.512. The minimum absolute atomic E-state index is 0.0199. The van der Waals surface area contributed by atoms with Crippen LogP contribution >= 0.6 is 15.9 Å². The number of benzene rings is 1. The zero-order chi connectivity index (χ0) is 17.3. The van der Waals surface area contributed by atoms with Crippen LogP contribution in [0.2, 0.25) is 0 Å². The highest BCUT2D eigenvalue weighted by atomic mass is 79.9. The van der Waals surface area contributed by atoms with Crippen LogP contribution in [-0.2, 0) is 4.74 Å². The molecule has 1 aromatic carbocycles. The Morgan fingerprint density at radius 2 is 2.08 bits per heavy atom. The molecule has 0 spiro atoms. The van der Waals surface area contributed by atoms with Gasteiger partial charge in [0.25, 0.3) is 11.5 Å². The molecule has 126 valence electrons. The summed E-state index contributed by atoms with van der Waals surface area (Å²) >= 11 is 3.32. The van der Waals surface area contributed by atoms with E-state index in [0.29, 0.717) is 18.8 Å². The van der Waals surface area contributed by atoms with Gasteiger partial charge < -0.3 is 14.7 Å². The molecular weight excluding hydrogens is 378 g/mol. The molecule has 2 heterocycles. The molecule has 1 aromatic heterocycles. The smallest absolute Gasteiger partial charge is 0.278 e. The fourth-order valence-corrected chi connectivity index (χ4v) is 2.89. The van der Waals surface area contributed by atoms with Gasteiger partial charge in [-0.05, 0) is 30.7 Å². The first kappa shape index (κ1) is 16.7. The molecule has 1 unspecified atom stereocenters. The first-order valence-corrected chi connectivity index (χ1v) is 8.20. The second-order valence-corrected chi connectivity index (χ2v) is 6.42. The summed E-state index contributed by atoms with van der Waals surface area (Å²) in [5.41, 5.74) is -0.148. The van der Waals surface area contributed by atoms with Crippen molar-refractivity contribution in [3.05, 3.63) is 50.9 Å². The van der Waals surface area contributed by atoms with Crippen molar-refractivity contribution in [2.45, 2.75) is 12.5 Å². The molecule has 7 nitrogen and oxygen atoms in total. The summed E-state index contributed by atoms with van der Waals surface area (Å²) in [6, 6.07) is 7.93. The Hall–Kier alpha value is -2.19. The Balaban J connectivity index is 1.97. The van der Waals surface area contributed by atoms with E-state index in [1.54, 1.807) is 36.3 Å². The van der Waals surface area contributed by atoms with E-state index in [4.69, 9.17) is 4.74 Å². The predicted molar refractivity (Wildman–Crippen MR) is 90.5 cm³/mol. The van der Waals surface area contributed by atoms with E-state index < -0.39 is 17.2 Å². The third kappa shape index (κ3) is 3.20. The van der Waals surface area contributed by atoms with Crippen LogP contribution in [0.1, 0.15) is 16.9 Å². The average Bonchev–Trinajstić information content (AvgIpc) is 3.05. The van der Waals surface area contributed by atoms with E-state index in [1.807, 2.05) is 0 Å². The lowest BCUT2D eigenvalue weighted by Gasteiger charge is -2.17. The molecule has 1 saturated heterocycles. The predicted octanol–water partition coefficient (Wildman–Crippen LogP) is 1.56. The summed E-state index contributed by atoms with van der Waals surface area (Å²) in [5, 5.41) is 14.1. The SMILES string of the molecule is COC1CCN(C(=O)c2nn(-c3ccc(Br)cc3)c(=O)cc2O)C1. The number of aromatic nitrogens is 2. The molecular formula is C16H16BrN3O4. The van der Waals surface area contributed by atoms with Gasteiger partial charge >= 0.3 is 0 Å². The summed E-state index contributed by atoms with van der Waals surface area (Å²) in [6.45, 7) is 0.962. The molecule has 24 heavy (non-hydrogen) atoms. The third-order valence-electron chi connectivity index (χ3n) is 3.95. The van der Waals surface area contributed by atoms with E-state index in [9.17, 15) is 14.7 Å². The number of ether oxygens (including phenoxy) is 1. The maximum Gasteiger partial charge on any atom is 0.278 e. The Bertz CT molecular complexity index is 819. The Kier molecular flexibility index (Phi) is 4.68. The highest BCUT2D eigenvalue weighted by molar-refractivity contribution is 9.10. The van der Waals surface area contributed by atoms with Crippen LogP contribution in [0.5, 0.6) is 5.75 Å². The largest absolute Gasteiger partial charge is 0.505 e. The average molecular weight is 394 g/mol. The van der Waals surface area contributed by atoms with Crippen molar-refractivity contribution in [2.24, 2.45) is 0 Å². The van der Waals surface area contributed by atoms with Crippen LogP contribution in [0.15, 0.2) is 39.6 Å². The lowest BCUT2D eigenvalue weighted by molar-refractivity contribution is 0.0714. The zero-order valence-corrected chi connectivity index (χ0v) is 14.6. The number of hydrogen-bond acceptors (Lipinski definition) is 5. The van der Waals surface area contributed by atoms with Gasteiger partial charge in [0.15, 0.2) is 11.4 Å². The molecule has 0 aliphatic carbocycles. The molecule has 8 heteroatoms. The molecule has 2 aromatic rings. The molecule has 1 aliphatic rings. The fraction of sp³-hybridized carbons (Fsp3) is 0.312. The molecule has 0 saturated carbocycles. The van der Waals surface area contributed by atoms with Crippen LogP contribution in [-0.4, -0.2) is 52.0 Å². The number of aromatic hydroxyl groups is 1. The van der Waals surface area contributed by atoms with Crippen LogP contribution in [0.25, 0.3) is 5.69 Å². The number of carbonyl (C=O) groups excluding carboxylic acids is 1. The number of likely N-dealkylation sites (tertiary alicyclic amines) is 1. The highest BCUT2D eigenvalue weighted by Gasteiger charge is 2.29. The summed E-state index contributed by atoms with van der Waals surface area (Å²) in [6.07, 6.45) is 0.712. The number of halogens is 1. The molecule has 1 atom stereocenters. The molecule has 1 amide bonds. The van der Waals surface area contributed by atoms with Gasteiger partial charge in [-0.2, -0.15) is 9.78 Å². The number of nitrogens with zero attached hydrogens (tertiary/aromatic N) is 3. The van der Waals surface area contributed by atoms with Crippen LogP contribution in [0.4, 0.5) is 0 Å². The molecule has 1 fully saturated rings. The van der Waals surface area contributed by atoms with Gasteiger partial charge in [-0.25, -0.2) is 0 Å². The molecule has 1 N–H and O–H groups in total. The van der Waals surface area contributed by atoms with Gasteiger partial charge in [-0.1, -0.05) is 15.9 Å². The van der Waals surface area contributed by atoms with Gasteiger partial charge in [0.2, 0.25) is 0 Å². The standard InChI is InChI=1S/C16H16BrN3O4/c1-24-12-6-7-19(9-12)16(23)15-13(21)8-14(22)20(18-15)11-4-2-10(17)3-5-11/h2-5,8,12,21H,6-7,9H2,1H3. The summed E-state index contributed by atoms with van der Waals surface area (Å²) < 4.78 is 7.20. The van der Waals surface area contributed by atoms with Gasteiger partial charge in [-0.15, -0.1) is 0 Å². The van der Waals surface area contributed by atoms with Crippen LogP contribution in [0, 0.1) is 0 Å². The van der Waals surface area contributed by atoms with E-state index in [2.05, 4.69) is 21.0 Å². The van der Waals surface area contributed by atoms with Gasteiger partial charge in [0, 0.05) is 30.7 Å². The van der Waals surface area contributed by atoms with Crippen molar-refractivity contribution in [2.75, 3.05) is 20.2 Å². The topological polar surface area (TPSA) is 84.7 Å². The number of hydrogen-bond donors (Lipinski definition) is 1. The number of methoxy groups -OCH3 is 1. The maximum absolute atomic E-state index is 12.6. The Morgan fingerprint density at radius 3 is 2.71 bits per heavy atom. The van der Waals surface area contributed by atoms with Crippen molar-refractivity contribution in [1.29, 1.82) is 0 Å². The van der Waals surface area contributed by atoms with Crippen molar-refractivity contribution in [1.82, 2.24) is 14.7 Å². The van der Waals surface area contributed by atoms with E-state index in [-0.39, 0.29) is 11.8 Å².